The van der Waals surface area contributed by atoms with Gasteiger partial charge >= 0.3 is 0 Å². The Bertz CT molecular complexity index is 414. The van der Waals surface area contributed by atoms with Gasteiger partial charge in [-0.25, -0.2) is 0 Å². The van der Waals surface area contributed by atoms with E-state index < -0.39 is 10.8 Å². The van der Waals surface area contributed by atoms with Crippen LogP contribution in [0.15, 0.2) is 22.7 Å². The van der Waals surface area contributed by atoms with Gasteiger partial charge in [-0.15, -0.1) is 0 Å². The molecular formula is C12H16BrNO2S. The zero-order chi connectivity index (χ0) is 12.8. The fourth-order valence-electron chi connectivity index (χ4n) is 1.39. The molecule has 0 fully saturated rings. The number of hydrogen-bond acceptors (Lipinski definition) is 2. The minimum Gasteiger partial charge on any atom is -0.351 e. The van der Waals surface area contributed by atoms with Gasteiger partial charge in [0.1, 0.15) is 0 Å². The van der Waals surface area contributed by atoms with Crippen molar-refractivity contribution in [2.45, 2.75) is 13.8 Å². The van der Waals surface area contributed by atoms with Crippen molar-refractivity contribution in [3.8, 4) is 0 Å². The number of hydrogen-bond donors (Lipinski definition) is 1. The highest BCUT2D eigenvalue weighted by Crippen LogP contribution is 2.15. The number of amides is 1. The second-order valence-electron chi connectivity index (χ2n) is 3.71. The summed E-state index contributed by atoms with van der Waals surface area (Å²) in [6.07, 6.45) is 0. The van der Waals surface area contributed by atoms with E-state index in [2.05, 4.69) is 21.2 Å². The molecule has 0 aliphatic carbocycles. The van der Waals surface area contributed by atoms with Gasteiger partial charge in [-0.1, -0.05) is 22.9 Å². The predicted molar refractivity (Wildman–Crippen MR) is 74.8 cm³/mol. The van der Waals surface area contributed by atoms with E-state index in [1.165, 1.54) is 0 Å². The van der Waals surface area contributed by atoms with E-state index >= 15 is 0 Å². The Kier molecular flexibility index (Phi) is 5.85. The van der Waals surface area contributed by atoms with Gasteiger partial charge in [0.15, 0.2) is 0 Å². The number of nitrogens with one attached hydrogen (secondary N) is 1. The Morgan fingerprint density at radius 1 is 1.41 bits per heavy atom. The molecule has 0 saturated heterocycles. The fraction of sp³-hybridized carbons (Fsp3) is 0.417. The van der Waals surface area contributed by atoms with Crippen molar-refractivity contribution in [2.24, 2.45) is 0 Å². The van der Waals surface area contributed by atoms with Crippen LogP contribution in [0.2, 0.25) is 0 Å². The lowest BCUT2D eigenvalue weighted by Gasteiger charge is -2.06. The van der Waals surface area contributed by atoms with Crippen LogP contribution in [-0.4, -0.2) is 28.2 Å². The first kappa shape index (κ1) is 14.4. The van der Waals surface area contributed by atoms with E-state index in [4.69, 9.17) is 0 Å². The van der Waals surface area contributed by atoms with Gasteiger partial charge < -0.3 is 5.32 Å². The molecule has 0 radical (unpaired) electrons. The number of halogens is 1. The molecule has 1 N–H and O–H groups in total. The molecule has 94 valence electrons. The van der Waals surface area contributed by atoms with Crippen molar-refractivity contribution in [3.63, 3.8) is 0 Å². The molecule has 1 atom stereocenters. The van der Waals surface area contributed by atoms with E-state index in [0.717, 1.165) is 10.0 Å². The average Bonchev–Trinajstić information content (AvgIpc) is 2.27. The van der Waals surface area contributed by atoms with Crippen LogP contribution in [0.1, 0.15) is 22.8 Å². The van der Waals surface area contributed by atoms with Gasteiger partial charge in [-0.05, 0) is 30.7 Å². The molecule has 1 unspecified atom stereocenters. The average molecular weight is 318 g/mol. The molecule has 1 rings (SSSR count). The van der Waals surface area contributed by atoms with Gasteiger partial charge in [0, 0.05) is 38.9 Å². The lowest BCUT2D eigenvalue weighted by Crippen LogP contribution is -2.28. The van der Waals surface area contributed by atoms with E-state index in [1.807, 2.05) is 26.0 Å². The Hall–Kier alpha value is -0.680. The maximum Gasteiger partial charge on any atom is 0.251 e. The normalized spacial score (nSPS) is 12.2. The molecule has 1 aromatic carbocycles. The van der Waals surface area contributed by atoms with Crippen LogP contribution in [0.4, 0.5) is 0 Å². The van der Waals surface area contributed by atoms with Crippen LogP contribution < -0.4 is 5.32 Å². The highest BCUT2D eigenvalue weighted by atomic mass is 79.9. The van der Waals surface area contributed by atoms with Crippen molar-refractivity contribution in [1.29, 1.82) is 0 Å². The first-order valence-corrected chi connectivity index (χ1v) is 7.71. The number of carbonyl (C=O) groups is 1. The van der Waals surface area contributed by atoms with Crippen LogP contribution >= 0.6 is 15.9 Å². The van der Waals surface area contributed by atoms with Crippen LogP contribution in [-0.2, 0) is 10.8 Å². The molecule has 1 aromatic rings. The molecule has 0 spiro atoms. The van der Waals surface area contributed by atoms with E-state index in [0.29, 0.717) is 23.6 Å². The molecule has 0 aromatic heterocycles. The largest absolute Gasteiger partial charge is 0.351 e. The lowest BCUT2D eigenvalue weighted by molar-refractivity contribution is 0.0956. The number of aryl methyl sites for hydroxylation is 1. The van der Waals surface area contributed by atoms with Gasteiger partial charge in [0.2, 0.25) is 0 Å². The second-order valence-corrected chi connectivity index (χ2v) is 6.49. The Morgan fingerprint density at radius 3 is 2.71 bits per heavy atom. The smallest absolute Gasteiger partial charge is 0.251 e. The van der Waals surface area contributed by atoms with Crippen molar-refractivity contribution in [3.05, 3.63) is 33.8 Å². The standard InChI is InChI=1S/C12H16BrNO2S/c1-3-17(16)5-4-14-12(15)10-6-9(2)7-11(13)8-10/h6-8H,3-5H2,1-2H3,(H,14,15). The molecule has 3 nitrogen and oxygen atoms in total. The highest BCUT2D eigenvalue weighted by Gasteiger charge is 2.06. The summed E-state index contributed by atoms with van der Waals surface area (Å²) < 4.78 is 12.1. The Balaban J connectivity index is 2.55. The van der Waals surface area contributed by atoms with Crippen LogP contribution in [0.25, 0.3) is 0 Å². The monoisotopic (exact) mass is 317 g/mol. The maximum absolute atomic E-state index is 11.8. The third-order valence-corrected chi connectivity index (χ3v) is 4.00. The molecule has 17 heavy (non-hydrogen) atoms. The molecular weight excluding hydrogens is 302 g/mol. The minimum atomic E-state index is -0.833. The van der Waals surface area contributed by atoms with E-state index in [9.17, 15) is 9.00 Å². The molecule has 0 heterocycles. The lowest BCUT2D eigenvalue weighted by atomic mass is 10.1. The van der Waals surface area contributed by atoms with Gasteiger partial charge in [0.05, 0.1) is 0 Å². The summed E-state index contributed by atoms with van der Waals surface area (Å²) in [6.45, 7) is 4.26. The highest BCUT2D eigenvalue weighted by molar-refractivity contribution is 9.10. The first-order valence-electron chi connectivity index (χ1n) is 5.43. The zero-order valence-corrected chi connectivity index (χ0v) is 12.4. The van der Waals surface area contributed by atoms with Crippen molar-refractivity contribution >= 4 is 32.6 Å². The third-order valence-electron chi connectivity index (χ3n) is 2.24. The Labute approximate surface area is 113 Å². The number of rotatable bonds is 5. The third kappa shape index (κ3) is 5.00. The molecule has 1 amide bonds. The zero-order valence-electron chi connectivity index (χ0n) is 9.96. The molecule has 0 aliphatic rings. The quantitative estimate of drug-likeness (QED) is 0.905. The molecule has 0 bridgehead atoms. The minimum absolute atomic E-state index is 0.123. The SMILES string of the molecule is CCS(=O)CCNC(=O)c1cc(C)cc(Br)c1. The predicted octanol–water partition coefficient (Wildman–Crippen LogP) is 2.26. The van der Waals surface area contributed by atoms with Crippen molar-refractivity contribution in [2.75, 3.05) is 18.1 Å². The summed E-state index contributed by atoms with van der Waals surface area (Å²) in [7, 11) is -0.833. The van der Waals surface area contributed by atoms with Gasteiger partial charge in [0.25, 0.3) is 5.91 Å². The summed E-state index contributed by atoms with van der Waals surface area (Å²) in [5.41, 5.74) is 1.65. The molecule has 5 heteroatoms. The van der Waals surface area contributed by atoms with Crippen molar-refractivity contribution in [1.82, 2.24) is 5.32 Å². The fourth-order valence-corrected chi connectivity index (χ4v) is 2.62. The summed E-state index contributed by atoms with van der Waals surface area (Å²) >= 11 is 3.36. The van der Waals surface area contributed by atoms with E-state index in [-0.39, 0.29) is 5.91 Å². The van der Waals surface area contributed by atoms with Gasteiger partial charge in [-0.3, -0.25) is 9.00 Å². The van der Waals surface area contributed by atoms with Crippen LogP contribution in [0.5, 0.6) is 0 Å². The maximum atomic E-state index is 11.8. The molecule has 0 saturated carbocycles. The molecule has 0 aliphatic heterocycles. The summed E-state index contributed by atoms with van der Waals surface area (Å²) in [5.74, 6) is 1.02. The summed E-state index contributed by atoms with van der Waals surface area (Å²) in [4.78, 5) is 11.8. The van der Waals surface area contributed by atoms with Crippen LogP contribution in [0.3, 0.4) is 0 Å². The van der Waals surface area contributed by atoms with Gasteiger partial charge in [-0.2, -0.15) is 0 Å². The second kappa shape index (κ2) is 6.91. The Morgan fingerprint density at radius 2 is 2.12 bits per heavy atom. The first-order chi connectivity index (χ1) is 8.02. The number of carbonyl (C=O) groups excluding carboxylic acids is 1. The topological polar surface area (TPSA) is 46.2 Å². The van der Waals surface area contributed by atoms with E-state index in [1.54, 1.807) is 6.07 Å². The van der Waals surface area contributed by atoms with Crippen molar-refractivity contribution < 1.29 is 9.00 Å². The van der Waals surface area contributed by atoms with Crippen LogP contribution in [0, 0.1) is 6.92 Å². The summed E-state index contributed by atoms with van der Waals surface area (Å²) in [5, 5.41) is 2.77. The number of benzene rings is 1. The summed E-state index contributed by atoms with van der Waals surface area (Å²) in [6, 6.07) is 5.55.